The van der Waals surface area contributed by atoms with Gasteiger partial charge in [0.15, 0.2) is 6.10 Å². The van der Waals surface area contributed by atoms with E-state index in [2.05, 4.69) is 26.1 Å². The molecule has 0 aliphatic rings. The van der Waals surface area contributed by atoms with Gasteiger partial charge in [0, 0.05) is 5.54 Å². The van der Waals surface area contributed by atoms with Gasteiger partial charge >= 0.3 is 0 Å². The Bertz CT molecular complexity index is 492. The fourth-order valence-electron chi connectivity index (χ4n) is 2.59. The van der Waals surface area contributed by atoms with Crippen LogP contribution in [0.5, 0.6) is 5.75 Å². The molecule has 0 fully saturated rings. The number of hydrogen-bond acceptors (Lipinski definition) is 2. The summed E-state index contributed by atoms with van der Waals surface area (Å²) in [6, 6.07) is 7.15. The molecule has 0 aliphatic carbocycles. The van der Waals surface area contributed by atoms with Crippen molar-refractivity contribution in [2.75, 3.05) is 0 Å². The average molecular weight is 312 g/mol. The van der Waals surface area contributed by atoms with E-state index >= 15 is 0 Å². The fourth-order valence-corrected chi connectivity index (χ4v) is 2.77. The summed E-state index contributed by atoms with van der Waals surface area (Å²) in [7, 11) is 0. The Hall–Kier alpha value is -1.22. The van der Waals surface area contributed by atoms with Crippen LogP contribution in [-0.2, 0) is 4.79 Å². The summed E-state index contributed by atoms with van der Waals surface area (Å²) in [5.74, 6) is 0.389. The maximum absolute atomic E-state index is 12.3. The molecule has 4 heteroatoms. The lowest BCUT2D eigenvalue weighted by Crippen LogP contribution is -2.50. The van der Waals surface area contributed by atoms with Gasteiger partial charge in [-0.1, -0.05) is 44.5 Å². The second-order valence-corrected chi connectivity index (χ2v) is 7.71. The van der Waals surface area contributed by atoms with Crippen LogP contribution in [0.4, 0.5) is 0 Å². The number of rotatable bonds is 5. The first-order valence-electron chi connectivity index (χ1n) is 7.23. The van der Waals surface area contributed by atoms with E-state index in [-0.39, 0.29) is 16.9 Å². The predicted octanol–water partition coefficient (Wildman–Crippen LogP) is 4.44. The van der Waals surface area contributed by atoms with Crippen LogP contribution < -0.4 is 10.1 Å². The van der Waals surface area contributed by atoms with Crippen LogP contribution in [0.1, 0.15) is 48.0 Å². The molecule has 1 N–H and O–H groups in total. The minimum Gasteiger partial charge on any atom is -0.479 e. The molecule has 1 aromatic carbocycles. The molecule has 0 unspecified atom stereocenters. The molecule has 1 rings (SSSR count). The number of carbonyl (C=O) groups excluding carboxylic acids is 1. The highest BCUT2D eigenvalue weighted by atomic mass is 35.5. The number of hydrogen-bond donors (Lipinski definition) is 1. The van der Waals surface area contributed by atoms with Crippen LogP contribution in [0.3, 0.4) is 0 Å². The van der Waals surface area contributed by atoms with E-state index in [0.29, 0.717) is 10.8 Å². The molecule has 0 radical (unpaired) electrons. The van der Waals surface area contributed by atoms with Crippen LogP contribution >= 0.6 is 11.6 Å². The summed E-state index contributed by atoms with van der Waals surface area (Å²) in [6.07, 6.45) is 0.286. The smallest absolute Gasteiger partial charge is 0.261 e. The molecule has 21 heavy (non-hydrogen) atoms. The summed E-state index contributed by atoms with van der Waals surface area (Å²) in [6.45, 7) is 12.3. The molecular weight excluding hydrogens is 286 g/mol. The average Bonchev–Trinajstić information content (AvgIpc) is 2.28. The third-order valence-electron chi connectivity index (χ3n) is 2.94. The highest BCUT2D eigenvalue weighted by Gasteiger charge is 2.29. The Morgan fingerprint density at radius 3 is 2.33 bits per heavy atom. The number of ether oxygens (including phenoxy) is 1. The molecule has 0 aliphatic heterocycles. The van der Waals surface area contributed by atoms with E-state index in [4.69, 9.17) is 16.3 Å². The van der Waals surface area contributed by atoms with Crippen LogP contribution in [0.2, 0.25) is 5.02 Å². The van der Waals surface area contributed by atoms with Crippen molar-refractivity contribution in [2.45, 2.75) is 59.6 Å². The quantitative estimate of drug-likeness (QED) is 0.873. The van der Waals surface area contributed by atoms with Crippen molar-refractivity contribution in [3.8, 4) is 5.75 Å². The highest BCUT2D eigenvalue weighted by molar-refractivity contribution is 6.32. The molecule has 3 nitrogen and oxygen atoms in total. The summed E-state index contributed by atoms with van der Waals surface area (Å²) >= 11 is 6.04. The van der Waals surface area contributed by atoms with Crippen LogP contribution in [0.25, 0.3) is 0 Å². The molecule has 0 saturated heterocycles. The summed E-state index contributed by atoms with van der Waals surface area (Å²) in [4.78, 5) is 12.3. The number of nitrogens with one attached hydrogen (secondary N) is 1. The number of benzene rings is 1. The SMILES string of the molecule is C[C@H](Oc1ccccc1Cl)C(=O)NC(C)(C)CC(C)(C)C. The van der Waals surface area contributed by atoms with E-state index in [9.17, 15) is 4.79 Å². The van der Waals surface area contributed by atoms with E-state index in [1.807, 2.05) is 26.0 Å². The van der Waals surface area contributed by atoms with Gasteiger partial charge in [0.05, 0.1) is 5.02 Å². The lowest BCUT2D eigenvalue weighted by atomic mass is 9.81. The van der Waals surface area contributed by atoms with Gasteiger partial charge in [0.25, 0.3) is 5.91 Å². The van der Waals surface area contributed by atoms with Crippen LogP contribution in [0.15, 0.2) is 24.3 Å². The normalized spacial score (nSPS) is 13.7. The molecule has 118 valence electrons. The second-order valence-electron chi connectivity index (χ2n) is 7.30. The number of para-hydroxylation sites is 1. The fraction of sp³-hybridized carbons (Fsp3) is 0.588. The minimum absolute atomic E-state index is 0.135. The molecule has 0 bridgehead atoms. The Morgan fingerprint density at radius 2 is 1.81 bits per heavy atom. The first kappa shape index (κ1) is 17.8. The van der Waals surface area contributed by atoms with Gasteiger partial charge < -0.3 is 10.1 Å². The van der Waals surface area contributed by atoms with E-state index < -0.39 is 6.10 Å². The standard InChI is InChI=1S/C17H26ClNO2/c1-12(21-14-10-8-7-9-13(14)18)15(20)19-17(5,6)11-16(2,3)4/h7-10,12H,11H2,1-6H3,(H,19,20)/t12-/m0/s1. The second kappa shape index (κ2) is 6.69. The van der Waals surface area contributed by atoms with E-state index in [1.54, 1.807) is 19.1 Å². The van der Waals surface area contributed by atoms with Crippen molar-refractivity contribution < 1.29 is 9.53 Å². The van der Waals surface area contributed by atoms with Gasteiger partial charge in [-0.3, -0.25) is 4.79 Å². The number of amides is 1. The summed E-state index contributed by atoms with van der Waals surface area (Å²) < 4.78 is 5.64. The van der Waals surface area contributed by atoms with Crippen molar-refractivity contribution in [2.24, 2.45) is 5.41 Å². The van der Waals surface area contributed by atoms with Crippen molar-refractivity contribution >= 4 is 17.5 Å². The maximum Gasteiger partial charge on any atom is 0.261 e. The van der Waals surface area contributed by atoms with Gasteiger partial charge in [-0.05, 0) is 44.7 Å². The third-order valence-corrected chi connectivity index (χ3v) is 3.26. The van der Waals surface area contributed by atoms with Gasteiger partial charge in [0.1, 0.15) is 5.75 Å². The first-order chi connectivity index (χ1) is 9.50. The van der Waals surface area contributed by atoms with Crippen molar-refractivity contribution in [3.05, 3.63) is 29.3 Å². The molecule has 0 spiro atoms. The Morgan fingerprint density at radius 1 is 1.24 bits per heavy atom. The molecule has 1 amide bonds. The van der Waals surface area contributed by atoms with Gasteiger partial charge in [-0.2, -0.15) is 0 Å². The van der Waals surface area contributed by atoms with Crippen molar-refractivity contribution in [1.29, 1.82) is 0 Å². The molecule has 1 aromatic rings. The third kappa shape index (κ3) is 6.38. The lowest BCUT2D eigenvalue weighted by molar-refractivity contribution is -0.129. The summed E-state index contributed by atoms with van der Waals surface area (Å²) in [5, 5.41) is 3.55. The van der Waals surface area contributed by atoms with E-state index in [1.165, 1.54) is 0 Å². The predicted molar refractivity (Wildman–Crippen MR) is 87.8 cm³/mol. The molecule has 0 heterocycles. The molecule has 0 aromatic heterocycles. The van der Waals surface area contributed by atoms with Gasteiger partial charge in [0.2, 0.25) is 0 Å². The Kier molecular flexibility index (Phi) is 5.68. The topological polar surface area (TPSA) is 38.3 Å². The molecule has 0 saturated carbocycles. The van der Waals surface area contributed by atoms with Crippen molar-refractivity contribution in [1.82, 2.24) is 5.32 Å². The highest BCUT2D eigenvalue weighted by Crippen LogP contribution is 2.27. The van der Waals surface area contributed by atoms with Crippen LogP contribution in [0, 0.1) is 5.41 Å². The number of carbonyl (C=O) groups is 1. The maximum atomic E-state index is 12.3. The van der Waals surface area contributed by atoms with Crippen LogP contribution in [-0.4, -0.2) is 17.6 Å². The van der Waals surface area contributed by atoms with Crippen molar-refractivity contribution in [3.63, 3.8) is 0 Å². The largest absolute Gasteiger partial charge is 0.479 e. The zero-order valence-electron chi connectivity index (χ0n) is 13.8. The monoisotopic (exact) mass is 311 g/mol. The zero-order chi connectivity index (χ0) is 16.3. The summed E-state index contributed by atoms with van der Waals surface area (Å²) in [5.41, 5.74) is -0.142. The molecule has 1 atom stereocenters. The van der Waals surface area contributed by atoms with Gasteiger partial charge in [-0.15, -0.1) is 0 Å². The van der Waals surface area contributed by atoms with E-state index in [0.717, 1.165) is 6.42 Å². The first-order valence-corrected chi connectivity index (χ1v) is 7.61. The molecular formula is C17H26ClNO2. The minimum atomic E-state index is -0.593. The van der Waals surface area contributed by atoms with Gasteiger partial charge in [-0.25, -0.2) is 0 Å². The Balaban J connectivity index is 2.65. The Labute approximate surface area is 133 Å². The lowest BCUT2D eigenvalue weighted by Gasteiger charge is -2.34. The zero-order valence-corrected chi connectivity index (χ0v) is 14.5. The number of halogens is 1.